The number of nitrogens with one attached hydrogen (secondary N) is 1. The van der Waals surface area contributed by atoms with Crippen molar-refractivity contribution in [3.63, 3.8) is 0 Å². The molecule has 1 amide bonds. The van der Waals surface area contributed by atoms with E-state index in [0.717, 1.165) is 30.5 Å². The van der Waals surface area contributed by atoms with E-state index in [1.165, 1.54) is 12.1 Å². The summed E-state index contributed by atoms with van der Waals surface area (Å²) in [4.78, 5) is 14.8. The molecule has 0 atom stereocenters. The molecule has 2 aromatic carbocycles. The van der Waals surface area contributed by atoms with Gasteiger partial charge >= 0.3 is 0 Å². The van der Waals surface area contributed by atoms with E-state index < -0.39 is 0 Å². The molecule has 0 aliphatic heterocycles. The minimum Gasteiger partial charge on any atom is -0.359 e. The molecule has 0 fully saturated rings. The minimum absolute atomic E-state index is 0.242. The Labute approximate surface area is 188 Å². The van der Waals surface area contributed by atoms with Crippen molar-refractivity contribution in [2.45, 2.75) is 45.8 Å². The van der Waals surface area contributed by atoms with Crippen LogP contribution < -0.4 is 5.32 Å². The van der Waals surface area contributed by atoms with Crippen molar-refractivity contribution in [2.24, 2.45) is 0 Å². The zero-order chi connectivity index (χ0) is 22.8. The first-order valence-electron chi connectivity index (χ1n) is 11.0. The van der Waals surface area contributed by atoms with E-state index in [1.807, 2.05) is 18.2 Å². The first-order chi connectivity index (χ1) is 15.6. The number of carbonyl (C=O) groups is 1. The van der Waals surface area contributed by atoms with Gasteiger partial charge in [0.2, 0.25) is 0 Å². The van der Waals surface area contributed by atoms with Crippen molar-refractivity contribution in [2.75, 3.05) is 6.54 Å². The molecule has 6 heteroatoms. The molecule has 0 saturated carbocycles. The van der Waals surface area contributed by atoms with E-state index in [4.69, 9.17) is 4.52 Å². The number of hydrogen-bond acceptors (Lipinski definition) is 4. The average Bonchev–Trinajstić information content (AvgIpc) is 3.28. The average molecular weight is 436 g/mol. The molecular formula is C26H30FN3O2. The van der Waals surface area contributed by atoms with Gasteiger partial charge in [-0.05, 0) is 36.1 Å². The molecule has 0 bridgehead atoms. The predicted molar refractivity (Wildman–Crippen MR) is 124 cm³/mol. The van der Waals surface area contributed by atoms with Crippen LogP contribution in [-0.2, 0) is 13.1 Å². The molecule has 1 heterocycles. The molecule has 32 heavy (non-hydrogen) atoms. The van der Waals surface area contributed by atoms with Crippen LogP contribution >= 0.6 is 0 Å². The highest BCUT2D eigenvalue weighted by atomic mass is 19.1. The smallest absolute Gasteiger partial charge is 0.273 e. The highest BCUT2D eigenvalue weighted by Crippen LogP contribution is 2.15. The van der Waals surface area contributed by atoms with Crippen molar-refractivity contribution < 1.29 is 13.7 Å². The highest BCUT2D eigenvalue weighted by Gasteiger charge is 2.18. The van der Waals surface area contributed by atoms with Crippen molar-refractivity contribution >= 4 is 12.0 Å². The molecule has 0 unspecified atom stereocenters. The number of rotatable bonds is 11. The van der Waals surface area contributed by atoms with Crippen LogP contribution in [0.2, 0.25) is 0 Å². The first-order valence-corrected chi connectivity index (χ1v) is 11.0. The van der Waals surface area contributed by atoms with Gasteiger partial charge < -0.3 is 9.84 Å². The Bertz CT molecular complexity index is 995. The quantitative estimate of drug-likeness (QED) is 0.435. The zero-order valence-corrected chi connectivity index (χ0v) is 18.6. The monoisotopic (exact) mass is 435 g/mol. The predicted octanol–water partition coefficient (Wildman–Crippen LogP) is 5.45. The van der Waals surface area contributed by atoms with Crippen molar-refractivity contribution in [1.29, 1.82) is 0 Å². The molecule has 3 rings (SSSR count). The van der Waals surface area contributed by atoms with Gasteiger partial charge in [0.15, 0.2) is 11.5 Å². The molecule has 0 spiro atoms. The molecule has 1 N–H and O–H groups in total. The molecule has 0 aliphatic carbocycles. The Balaban J connectivity index is 1.60. The standard InChI is InChI=1S/C26H30FN3O2/c1-3-23(4-2)30(16-8-11-20-9-6-5-7-10-20)19-24-17-25(29-32-24)26(31)28-18-21-12-14-22(27)15-13-21/h5-15,17,23H,3-4,16,18-19H2,1-2H3,(H,28,31). The Hall–Kier alpha value is -3.25. The molecule has 5 nitrogen and oxygen atoms in total. The number of halogens is 1. The lowest BCUT2D eigenvalue weighted by Crippen LogP contribution is -2.34. The molecule has 1 aromatic heterocycles. The molecule has 0 saturated heterocycles. The Morgan fingerprint density at radius 3 is 2.53 bits per heavy atom. The Kier molecular flexibility index (Phi) is 8.75. The summed E-state index contributed by atoms with van der Waals surface area (Å²) in [5.74, 6) is 0.0289. The second-order valence-corrected chi connectivity index (χ2v) is 7.70. The topological polar surface area (TPSA) is 58.4 Å². The fourth-order valence-electron chi connectivity index (χ4n) is 3.61. The normalized spacial score (nSPS) is 11.5. The van der Waals surface area contributed by atoms with E-state index in [-0.39, 0.29) is 17.4 Å². The largest absolute Gasteiger partial charge is 0.359 e. The van der Waals surface area contributed by atoms with Gasteiger partial charge in [-0.3, -0.25) is 9.69 Å². The third kappa shape index (κ3) is 6.89. The van der Waals surface area contributed by atoms with Crippen molar-refractivity contribution in [1.82, 2.24) is 15.4 Å². The maximum atomic E-state index is 13.0. The highest BCUT2D eigenvalue weighted by molar-refractivity contribution is 5.92. The number of nitrogens with zero attached hydrogens (tertiary/aromatic N) is 2. The van der Waals surface area contributed by atoms with Crippen molar-refractivity contribution in [3.05, 3.63) is 95.1 Å². The zero-order valence-electron chi connectivity index (χ0n) is 18.6. The second-order valence-electron chi connectivity index (χ2n) is 7.70. The molecule has 0 aliphatic rings. The van der Waals surface area contributed by atoms with Crippen LogP contribution in [0, 0.1) is 5.82 Å². The first kappa shape index (κ1) is 23.4. The SMILES string of the molecule is CCC(CC)N(CC=Cc1ccccc1)Cc1cc(C(=O)NCc2ccc(F)cc2)no1. The summed E-state index contributed by atoms with van der Waals surface area (Å²) in [6.07, 6.45) is 6.31. The van der Waals surface area contributed by atoms with E-state index in [1.54, 1.807) is 18.2 Å². The fourth-order valence-corrected chi connectivity index (χ4v) is 3.61. The number of hydrogen-bond donors (Lipinski definition) is 1. The lowest BCUT2D eigenvalue weighted by Gasteiger charge is -2.28. The molecule has 3 aromatic rings. The number of carbonyl (C=O) groups excluding carboxylic acids is 1. The molecular weight excluding hydrogens is 405 g/mol. The van der Waals surface area contributed by atoms with Gasteiger partial charge in [-0.15, -0.1) is 0 Å². The number of amides is 1. The summed E-state index contributed by atoms with van der Waals surface area (Å²) in [5, 5.41) is 6.73. The fraction of sp³-hybridized carbons (Fsp3) is 0.308. The van der Waals surface area contributed by atoms with E-state index in [2.05, 4.69) is 53.5 Å². The summed E-state index contributed by atoms with van der Waals surface area (Å²) in [6.45, 7) is 6.00. The van der Waals surface area contributed by atoms with Crippen LogP contribution in [0.3, 0.4) is 0 Å². The third-order valence-electron chi connectivity index (χ3n) is 5.43. The van der Waals surface area contributed by atoms with Crippen LogP contribution in [0.4, 0.5) is 4.39 Å². The van der Waals surface area contributed by atoms with Crippen LogP contribution in [0.1, 0.15) is 54.1 Å². The van der Waals surface area contributed by atoms with Gasteiger partial charge in [-0.1, -0.05) is 73.6 Å². The van der Waals surface area contributed by atoms with Gasteiger partial charge in [0, 0.05) is 25.2 Å². The number of benzene rings is 2. The van der Waals surface area contributed by atoms with Gasteiger partial charge in [-0.25, -0.2) is 4.39 Å². The van der Waals surface area contributed by atoms with Crippen LogP contribution in [-0.4, -0.2) is 28.6 Å². The summed E-state index contributed by atoms with van der Waals surface area (Å²) in [6, 6.07) is 18.3. The maximum Gasteiger partial charge on any atom is 0.273 e. The maximum absolute atomic E-state index is 13.0. The van der Waals surface area contributed by atoms with Crippen LogP contribution in [0.25, 0.3) is 6.08 Å². The van der Waals surface area contributed by atoms with Crippen molar-refractivity contribution in [3.8, 4) is 0 Å². The Morgan fingerprint density at radius 1 is 1.12 bits per heavy atom. The van der Waals surface area contributed by atoms with E-state index >= 15 is 0 Å². The number of aromatic nitrogens is 1. The molecule has 168 valence electrons. The van der Waals surface area contributed by atoms with E-state index in [9.17, 15) is 9.18 Å². The van der Waals surface area contributed by atoms with Gasteiger partial charge in [0.05, 0.1) is 6.54 Å². The summed E-state index contributed by atoms with van der Waals surface area (Å²) < 4.78 is 18.5. The van der Waals surface area contributed by atoms with Crippen LogP contribution in [0.15, 0.2) is 71.3 Å². The summed E-state index contributed by atoms with van der Waals surface area (Å²) in [5.41, 5.74) is 2.22. The second kappa shape index (κ2) is 12.0. The lowest BCUT2D eigenvalue weighted by atomic mass is 10.1. The molecule has 0 radical (unpaired) electrons. The minimum atomic E-state index is -0.317. The Morgan fingerprint density at radius 2 is 1.84 bits per heavy atom. The summed E-state index contributed by atoms with van der Waals surface area (Å²) >= 11 is 0. The van der Waals surface area contributed by atoms with Crippen LogP contribution in [0.5, 0.6) is 0 Å². The summed E-state index contributed by atoms with van der Waals surface area (Å²) in [7, 11) is 0. The van der Waals surface area contributed by atoms with Gasteiger partial charge in [0.25, 0.3) is 5.91 Å². The van der Waals surface area contributed by atoms with Gasteiger partial charge in [0.1, 0.15) is 5.82 Å². The van der Waals surface area contributed by atoms with E-state index in [0.29, 0.717) is 24.9 Å². The third-order valence-corrected chi connectivity index (χ3v) is 5.43. The lowest BCUT2D eigenvalue weighted by molar-refractivity contribution is 0.0941. The van der Waals surface area contributed by atoms with Gasteiger partial charge in [-0.2, -0.15) is 0 Å².